The highest BCUT2D eigenvalue weighted by Gasteiger charge is 2.17. The third-order valence-electron chi connectivity index (χ3n) is 5.01. The molecule has 0 saturated carbocycles. The van der Waals surface area contributed by atoms with Crippen LogP contribution >= 0.6 is 0 Å². The number of nitrogens with zero attached hydrogens (tertiary/aromatic N) is 2. The second-order valence-electron chi connectivity index (χ2n) is 7.36. The molecular weight excluding hydrogens is 443 g/mol. The predicted molar refractivity (Wildman–Crippen MR) is 123 cm³/mol. The van der Waals surface area contributed by atoms with E-state index >= 15 is 0 Å². The van der Waals surface area contributed by atoms with E-state index < -0.39 is 15.8 Å². The number of aromatic nitrogens is 2. The topological polar surface area (TPSA) is 93.1 Å². The molecule has 0 aliphatic carbocycles. The molecule has 1 heterocycles. The SMILES string of the molecule is Cc1ccc(S(=O)(=O)Nc2cccc(C(=O)NCc3ccccc3-n3cccn3)c2)cc1F. The number of sulfonamides is 1. The first kappa shape index (κ1) is 22.2. The lowest BCUT2D eigenvalue weighted by molar-refractivity contribution is 0.0951. The molecular formula is C24H21FN4O3S. The normalized spacial score (nSPS) is 11.2. The smallest absolute Gasteiger partial charge is 0.261 e. The van der Waals surface area contributed by atoms with Crippen LogP contribution in [0.5, 0.6) is 0 Å². The van der Waals surface area contributed by atoms with Crippen molar-refractivity contribution in [3.63, 3.8) is 0 Å². The Morgan fingerprint density at radius 2 is 1.85 bits per heavy atom. The maximum atomic E-state index is 13.8. The molecule has 1 amide bonds. The van der Waals surface area contributed by atoms with Crippen LogP contribution in [0.15, 0.2) is 90.1 Å². The van der Waals surface area contributed by atoms with E-state index in [0.29, 0.717) is 5.56 Å². The van der Waals surface area contributed by atoms with Crippen LogP contribution in [0.3, 0.4) is 0 Å². The maximum Gasteiger partial charge on any atom is 0.261 e. The van der Waals surface area contributed by atoms with Gasteiger partial charge in [0.25, 0.3) is 15.9 Å². The minimum Gasteiger partial charge on any atom is -0.348 e. The first-order chi connectivity index (χ1) is 15.8. The second-order valence-corrected chi connectivity index (χ2v) is 9.04. The van der Waals surface area contributed by atoms with E-state index in [2.05, 4.69) is 15.1 Å². The molecule has 0 saturated heterocycles. The highest BCUT2D eigenvalue weighted by Crippen LogP contribution is 2.20. The monoisotopic (exact) mass is 464 g/mol. The van der Waals surface area contributed by atoms with Crippen molar-refractivity contribution in [2.45, 2.75) is 18.4 Å². The van der Waals surface area contributed by atoms with Crippen LogP contribution in [0.2, 0.25) is 0 Å². The Bertz CT molecular complexity index is 1400. The number of amides is 1. The molecule has 1 aromatic heterocycles. The van der Waals surface area contributed by atoms with Gasteiger partial charge in [-0.15, -0.1) is 0 Å². The summed E-state index contributed by atoms with van der Waals surface area (Å²) >= 11 is 0. The van der Waals surface area contributed by atoms with E-state index in [1.165, 1.54) is 24.3 Å². The van der Waals surface area contributed by atoms with E-state index in [9.17, 15) is 17.6 Å². The van der Waals surface area contributed by atoms with E-state index in [0.717, 1.165) is 17.3 Å². The largest absolute Gasteiger partial charge is 0.348 e. The molecule has 4 aromatic rings. The third-order valence-corrected chi connectivity index (χ3v) is 6.39. The first-order valence-corrected chi connectivity index (χ1v) is 11.6. The van der Waals surface area contributed by atoms with Crippen LogP contribution in [0, 0.1) is 12.7 Å². The molecule has 7 nitrogen and oxygen atoms in total. The number of carbonyl (C=O) groups is 1. The number of halogens is 1. The van der Waals surface area contributed by atoms with Gasteiger partial charge in [-0.05, 0) is 60.5 Å². The molecule has 0 fully saturated rings. The molecule has 4 rings (SSSR count). The molecule has 0 atom stereocenters. The van der Waals surface area contributed by atoms with Crippen LogP contribution in [0.4, 0.5) is 10.1 Å². The Labute approximate surface area is 190 Å². The molecule has 0 bridgehead atoms. The molecule has 2 N–H and O–H groups in total. The molecule has 3 aromatic carbocycles. The third kappa shape index (κ3) is 5.09. The quantitative estimate of drug-likeness (QED) is 0.432. The average molecular weight is 465 g/mol. The van der Waals surface area contributed by atoms with Crippen LogP contribution in [-0.4, -0.2) is 24.1 Å². The number of aryl methyl sites for hydroxylation is 1. The summed E-state index contributed by atoms with van der Waals surface area (Å²) in [6.45, 7) is 1.81. The minimum atomic E-state index is -4.01. The fourth-order valence-electron chi connectivity index (χ4n) is 3.25. The van der Waals surface area contributed by atoms with Gasteiger partial charge in [0.15, 0.2) is 0 Å². The van der Waals surface area contributed by atoms with Gasteiger partial charge in [-0.2, -0.15) is 5.10 Å². The van der Waals surface area contributed by atoms with Gasteiger partial charge >= 0.3 is 0 Å². The highest BCUT2D eigenvalue weighted by atomic mass is 32.2. The van der Waals surface area contributed by atoms with Crippen molar-refractivity contribution in [2.24, 2.45) is 0 Å². The number of anilines is 1. The molecule has 0 spiro atoms. The van der Waals surface area contributed by atoms with E-state index in [1.54, 1.807) is 29.9 Å². The van der Waals surface area contributed by atoms with Gasteiger partial charge < -0.3 is 5.32 Å². The van der Waals surface area contributed by atoms with Crippen molar-refractivity contribution in [1.82, 2.24) is 15.1 Å². The van der Waals surface area contributed by atoms with E-state index in [4.69, 9.17) is 0 Å². The summed E-state index contributed by atoms with van der Waals surface area (Å²) in [6.07, 6.45) is 3.49. The molecule has 0 aliphatic heterocycles. The first-order valence-electron chi connectivity index (χ1n) is 10.1. The molecule has 0 radical (unpaired) electrons. The van der Waals surface area contributed by atoms with Gasteiger partial charge in [0, 0.05) is 30.2 Å². The summed E-state index contributed by atoms with van der Waals surface area (Å²) in [4.78, 5) is 12.5. The van der Waals surface area contributed by atoms with E-state index in [1.807, 2.05) is 36.5 Å². The Morgan fingerprint density at radius 3 is 2.61 bits per heavy atom. The zero-order chi connectivity index (χ0) is 23.4. The maximum absolute atomic E-state index is 13.8. The van der Waals surface area contributed by atoms with Gasteiger partial charge in [0.2, 0.25) is 0 Å². The van der Waals surface area contributed by atoms with Crippen molar-refractivity contribution >= 4 is 21.6 Å². The summed E-state index contributed by atoms with van der Waals surface area (Å²) in [5.41, 5.74) is 2.53. The fourth-order valence-corrected chi connectivity index (χ4v) is 4.31. The van der Waals surface area contributed by atoms with Gasteiger partial charge in [-0.3, -0.25) is 9.52 Å². The summed E-state index contributed by atoms with van der Waals surface area (Å²) in [5, 5.41) is 7.07. The summed E-state index contributed by atoms with van der Waals surface area (Å²) in [6, 6.07) is 19.2. The lowest BCUT2D eigenvalue weighted by Crippen LogP contribution is -2.24. The number of nitrogens with one attached hydrogen (secondary N) is 2. The average Bonchev–Trinajstić information content (AvgIpc) is 3.34. The highest BCUT2D eigenvalue weighted by molar-refractivity contribution is 7.92. The summed E-state index contributed by atoms with van der Waals surface area (Å²) < 4.78 is 43.2. The predicted octanol–water partition coefficient (Wildman–Crippen LogP) is 4.05. The summed E-state index contributed by atoms with van der Waals surface area (Å²) in [5.74, 6) is -0.978. The Morgan fingerprint density at radius 1 is 1.03 bits per heavy atom. The number of benzene rings is 3. The number of rotatable bonds is 7. The second kappa shape index (κ2) is 9.25. The lowest BCUT2D eigenvalue weighted by Gasteiger charge is -2.12. The number of carbonyl (C=O) groups excluding carboxylic acids is 1. The summed E-state index contributed by atoms with van der Waals surface area (Å²) in [7, 11) is -4.01. The van der Waals surface area contributed by atoms with Crippen molar-refractivity contribution in [3.8, 4) is 5.69 Å². The standard InChI is InChI=1S/C24H21FN4O3S/c1-17-10-11-21(15-22(17)25)33(31,32)28-20-8-4-7-18(14-20)24(30)26-16-19-6-2-3-9-23(19)29-13-5-12-27-29/h2-15,28H,16H2,1H3,(H,26,30). The van der Waals surface area contributed by atoms with Crippen LogP contribution in [-0.2, 0) is 16.6 Å². The fraction of sp³-hybridized carbons (Fsp3) is 0.0833. The van der Waals surface area contributed by atoms with Gasteiger partial charge in [0.1, 0.15) is 5.82 Å². The van der Waals surface area contributed by atoms with E-state index in [-0.39, 0.29) is 28.6 Å². The lowest BCUT2D eigenvalue weighted by atomic mass is 10.1. The number of hydrogen-bond acceptors (Lipinski definition) is 4. The molecule has 9 heteroatoms. The van der Waals surface area contributed by atoms with Crippen LogP contribution < -0.4 is 10.0 Å². The zero-order valence-corrected chi connectivity index (χ0v) is 18.5. The van der Waals surface area contributed by atoms with Crippen LogP contribution in [0.1, 0.15) is 21.5 Å². The van der Waals surface area contributed by atoms with Gasteiger partial charge in [-0.25, -0.2) is 17.5 Å². The van der Waals surface area contributed by atoms with Gasteiger partial charge in [-0.1, -0.05) is 30.3 Å². The number of hydrogen-bond donors (Lipinski definition) is 2. The molecule has 0 aliphatic rings. The Kier molecular flexibility index (Phi) is 6.23. The van der Waals surface area contributed by atoms with Gasteiger partial charge in [0.05, 0.1) is 10.6 Å². The molecule has 168 valence electrons. The van der Waals surface area contributed by atoms with Crippen LogP contribution in [0.25, 0.3) is 5.69 Å². The Hall–Kier alpha value is -3.98. The van der Waals surface area contributed by atoms with Crippen molar-refractivity contribution in [1.29, 1.82) is 0 Å². The van der Waals surface area contributed by atoms with Crippen molar-refractivity contribution in [3.05, 3.63) is 108 Å². The minimum absolute atomic E-state index is 0.195. The number of para-hydroxylation sites is 1. The molecule has 33 heavy (non-hydrogen) atoms. The van der Waals surface area contributed by atoms with Crippen molar-refractivity contribution < 1.29 is 17.6 Å². The Balaban J connectivity index is 1.48. The molecule has 0 unspecified atom stereocenters. The van der Waals surface area contributed by atoms with Crippen molar-refractivity contribution in [2.75, 3.05) is 4.72 Å². The zero-order valence-electron chi connectivity index (χ0n) is 17.7.